The summed E-state index contributed by atoms with van der Waals surface area (Å²) in [6.07, 6.45) is 10.7. The highest BCUT2D eigenvalue weighted by Crippen LogP contribution is 2.40. The fourth-order valence-electron chi connectivity index (χ4n) is 4.17. The summed E-state index contributed by atoms with van der Waals surface area (Å²) >= 11 is 6.31. The number of rotatable bonds is 18. The molecule has 1 rings (SSSR count). The molecule has 0 amide bonds. The molecule has 1 N–H and O–H groups in total. The topological polar surface area (TPSA) is 76.5 Å². The van der Waals surface area contributed by atoms with Gasteiger partial charge in [0, 0.05) is 17.9 Å². The lowest BCUT2D eigenvalue weighted by molar-refractivity contribution is -0.137. The van der Waals surface area contributed by atoms with Crippen molar-refractivity contribution >= 4 is 65.2 Å². The zero-order valence-electron chi connectivity index (χ0n) is 27.2. The first-order valence-corrected chi connectivity index (χ1v) is 20.4. The summed E-state index contributed by atoms with van der Waals surface area (Å²) in [5.74, 6) is -0.635. The van der Waals surface area contributed by atoms with Gasteiger partial charge in [-0.05, 0) is 89.9 Å². The molecule has 1 aromatic rings. The van der Waals surface area contributed by atoms with Crippen LogP contribution in [0.1, 0.15) is 98.2 Å². The van der Waals surface area contributed by atoms with Gasteiger partial charge in [0.25, 0.3) is 0 Å². The largest absolute Gasteiger partial charge is 0.480 e. The Labute approximate surface area is 267 Å². The Balaban J connectivity index is 2.97. The van der Waals surface area contributed by atoms with Gasteiger partial charge in [-0.25, -0.2) is 4.98 Å². The van der Waals surface area contributed by atoms with Crippen LogP contribution in [0.25, 0.3) is 6.08 Å². The van der Waals surface area contributed by atoms with Crippen molar-refractivity contribution in [1.82, 2.24) is 4.98 Å². The molecule has 234 valence electrons. The van der Waals surface area contributed by atoms with Crippen LogP contribution in [0.5, 0.6) is 0 Å². The van der Waals surface area contributed by atoms with E-state index < -0.39 is 24.3 Å². The van der Waals surface area contributed by atoms with Crippen LogP contribution in [-0.2, 0) is 14.0 Å². The minimum absolute atomic E-state index is 0.0222. The Hall–Kier alpha value is -0.743. The summed E-state index contributed by atoms with van der Waals surface area (Å²) in [5.41, 5.74) is 1.81. The van der Waals surface area contributed by atoms with E-state index in [0.29, 0.717) is 18.8 Å². The van der Waals surface area contributed by atoms with Crippen molar-refractivity contribution in [1.29, 1.82) is 0 Å². The van der Waals surface area contributed by atoms with Crippen molar-refractivity contribution in [3.05, 3.63) is 33.8 Å². The van der Waals surface area contributed by atoms with E-state index in [-0.39, 0.29) is 21.6 Å². The SMILES string of the molecule is CCC(Br)C(=O)C(C)(C)SC(C(=O)O)[C@@H](CC=CCCC[C@H](C)CO[Si](C)(C)C(C)(C)C)C(C)=Cc1csc(C)n1. The van der Waals surface area contributed by atoms with Crippen molar-refractivity contribution in [2.24, 2.45) is 11.8 Å². The Bertz CT molecular complexity index is 1040. The molecule has 41 heavy (non-hydrogen) atoms. The number of ketones is 1. The van der Waals surface area contributed by atoms with Gasteiger partial charge in [-0.1, -0.05) is 68.3 Å². The molecule has 0 fully saturated rings. The highest BCUT2D eigenvalue weighted by molar-refractivity contribution is 9.10. The molecular formula is C32H54BrNO4S2Si. The second-order valence-corrected chi connectivity index (χ2v) is 22.0. The number of aliphatic carboxylic acids is 1. The first-order valence-electron chi connectivity index (χ1n) is 14.8. The fourth-order valence-corrected chi connectivity index (χ4v) is 8.09. The molecule has 5 nitrogen and oxygen atoms in total. The van der Waals surface area contributed by atoms with Crippen LogP contribution in [0.4, 0.5) is 0 Å². The van der Waals surface area contributed by atoms with E-state index in [1.807, 2.05) is 46.1 Å². The Morgan fingerprint density at radius 2 is 1.85 bits per heavy atom. The predicted molar refractivity (Wildman–Crippen MR) is 185 cm³/mol. The predicted octanol–water partition coefficient (Wildman–Crippen LogP) is 9.95. The second-order valence-electron chi connectivity index (χ2n) is 13.2. The van der Waals surface area contributed by atoms with E-state index in [1.54, 1.807) is 11.3 Å². The van der Waals surface area contributed by atoms with E-state index in [2.05, 4.69) is 73.9 Å². The van der Waals surface area contributed by atoms with Gasteiger partial charge in [0.05, 0.1) is 20.3 Å². The number of aryl methyl sites for hydroxylation is 1. The lowest BCUT2D eigenvalue weighted by atomic mass is 9.91. The van der Waals surface area contributed by atoms with Crippen LogP contribution < -0.4 is 0 Å². The number of carbonyl (C=O) groups excluding carboxylic acids is 1. The van der Waals surface area contributed by atoms with Crippen LogP contribution in [0.2, 0.25) is 18.1 Å². The van der Waals surface area contributed by atoms with Crippen LogP contribution in [0, 0.1) is 18.8 Å². The molecule has 0 spiro atoms. The molecule has 0 aliphatic heterocycles. The Morgan fingerprint density at radius 1 is 1.22 bits per heavy atom. The molecule has 0 radical (unpaired) electrons. The molecule has 0 saturated heterocycles. The van der Waals surface area contributed by atoms with Crippen molar-refractivity contribution in [2.75, 3.05) is 6.61 Å². The van der Waals surface area contributed by atoms with Crippen LogP contribution in [0.3, 0.4) is 0 Å². The summed E-state index contributed by atoms with van der Waals surface area (Å²) in [6.45, 7) is 24.1. The summed E-state index contributed by atoms with van der Waals surface area (Å²) in [7, 11) is -1.73. The highest BCUT2D eigenvalue weighted by atomic mass is 79.9. The number of nitrogens with zero attached hydrogens (tertiary/aromatic N) is 1. The number of alkyl halides is 1. The number of carbonyl (C=O) groups is 2. The monoisotopic (exact) mass is 687 g/mol. The molecule has 1 heterocycles. The number of hydrogen-bond acceptors (Lipinski definition) is 6. The number of aromatic nitrogens is 1. The summed E-state index contributed by atoms with van der Waals surface area (Å²) in [5, 5.41) is 12.8. The van der Waals surface area contributed by atoms with Gasteiger partial charge in [0.15, 0.2) is 14.1 Å². The summed E-state index contributed by atoms with van der Waals surface area (Å²) < 4.78 is 5.56. The number of allylic oxidation sites excluding steroid dienone is 3. The molecule has 9 heteroatoms. The van der Waals surface area contributed by atoms with Crippen LogP contribution >= 0.6 is 39.0 Å². The third kappa shape index (κ3) is 12.8. The smallest absolute Gasteiger partial charge is 0.317 e. The average molecular weight is 689 g/mol. The number of unbranched alkanes of at least 4 members (excludes halogenated alkanes) is 1. The summed E-state index contributed by atoms with van der Waals surface area (Å²) in [6, 6.07) is 0. The third-order valence-electron chi connectivity index (χ3n) is 8.02. The van der Waals surface area contributed by atoms with E-state index >= 15 is 0 Å². The maximum atomic E-state index is 13.1. The van der Waals surface area contributed by atoms with Gasteiger partial charge < -0.3 is 9.53 Å². The molecule has 0 aromatic carbocycles. The van der Waals surface area contributed by atoms with E-state index in [9.17, 15) is 14.7 Å². The molecule has 2 unspecified atom stereocenters. The van der Waals surface area contributed by atoms with Crippen molar-refractivity contribution < 1.29 is 19.1 Å². The number of Topliss-reactive ketones (excluding diaryl/α,β-unsaturated/α-hetero) is 1. The molecule has 0 aliphatic rings. The molecule has 0 saturated carbocycles. The average Bonchev–Trinajstić information content (AvgIpc) is 3.28. The number of thioether (sulfide) groups is 1. The van der Waals surface area contributed by atoms with Gasteiger partial charge in [-0.2, -0.15) is 0 Å². The number of thiazole rings is 1. The molecular weight excluding hydrogens is 634 g/mol. The number of halogens is 1. The van der Waals surface area contributed by atoms with Crippen LogP contribution in [-0.4, -0.2) is 51.6 Å². The summed E-state index contributed by atoms with van der Waals surface area (Å²) in [4.78, 5) is 30.0. The van der Waals surface area contributed by atoms with Gasteiger partial charge >= 0.3 is 5.97 Å². The Kier molecular flexibility index (Phi) is 15.8. The van der Waals surface area contributed by atoms with Gasteiger partial charge in [0.1, 0.15) is 5.25 Å². The maximum Gasteiger partial charge on any atom is 0.317 e. The lowest BCUT2D eigenvalue weighted by Gasteiger charge is -2.37. The van der Waals surface area contributed by atoms with E-state index in [0.717, 1.165) is 42.1 Å². The molecule has 0 bridgehead atoms. The standard InChI is InChI=1S/C32H54BrNO4S2Si/c1-12-27(33)29(35)32(8,9)40-28(30(36)37)26(23(3)19-25-21-39-24(4)34-25)18-16-14-13-15-17-22(2)20-38-41(10,11)31(5,6)7/h14,16,19,21-22,26-28H,12-13,15,17-18,20H2,1-11H3,(H,36,37)/t22-,26-,27?,28?/m0/s1. The first-order chi connectivity index (χ1) is 18.8. The molecule has 1 aromatic heterocycles. The highest BCUT2D eigenvalue weighted by Gasteiger charge is 2.40. The van der Waals surface area contributed by atoms with Gasteiger partial charge in [-0.15, -0.1) is 23.1 Å². The van der Waals surface area contributed by atoms with E-state index in [4.69, 9.17) is 4.43 Å². The lowest BCUT2D eigenvalue weighted by Crippen LogP contribution is -2.41. The van der Waals surface area contributed by atoms with Crippen LogP contribution in [0.15, 0.2) is 23.1 Å². The van der Waals surface area contributed by atoms with Crippen molar-refractivity contribution in [3.63, 3.8) is 0 Å². The zero-order chi connectivity index (χ0) is 31.6. The van der Waals surface area contributed by atoms with Crippen molar-refractivity contribution in [3.8, 4) is 0 Å². The minimum Gasteiger partial charge on any atom is -0.480 e. The second kappa shape index (κ2) is 16.9. The van der Waals surface area contributed by atoms with E-state index in [1.165, 1.54) is 11.8 Å². The number of carboxylic acids is 1. The fraction of sp³-hybridized carbons (Fsp3) is 0.719. The Morgan fingerprint density at radius 3 is 2.37 bits per heavy atom. The number of hydrogen-bond donors (Lipinski definition) is 1. The molecule has 4 atom stereocenters. The third-order valence-corrected chi connectivity index (χ3v) is 16.0. The quantitative estimate of drug-likeness (QED) is 0.0716. The van der Waals surface area contributed by atoms with Crippen molar-refractivity contribution in [2.45, 2.75) is 127 Å². The number of carboxylic acid groups (broad SMARTS) is 1. The zero-order valence-corrected chi connectivity index (χ0v) is 31.4. The van der Waals surface area contributed by atoms with Gasteiger partial charge in [-0.3, -0.25) is 9.59 Å². The normalized spacial score (nSPS) is 16.5. The van der Waals surface area contributed by atoms with Gasteiger partial charge in [0.2, 0.25) is 0 Å². The minimum atomic E-state index is -1.73. The maximum absolute atomic E-state index is 13.1. The molecule has 0 aliphatic carbocycles. The first kappa shape index (κ1) is 38.3.